The summed E-state index contributed by atoms with van der Waals surface area (Å²) in [6, 6.07) is 2.78. The lowest BCUT2D eigenvalue weighted by Crippen LogP contribution is -2.36. The summed E-state index contributed by atoms with van der Waals surface area (Å²) in [6.07, 6.45) is 7.82. The molecule has 0 atom stereocenters. The molecule has 0 aromatic carbocycles. The Labute approximate surface area is 145 Å². The zero-order valence-electron chi connectivity index (χ0n) is 14.9. The minimum absolute atomic E-state index is 0.282. The van der Waals surface area contributed by atoms with Crippen molar-refractivity contribution in [1.82, 2.24) is 19.4 Å². The van der Waals surface area contributed by atoms with Gasteiger partial charge in [-0.05, 0) is 39.2 Å². The standard InChI is InChI=1S/C17H30N4O2S/c1-14(2)24(22,23)18-12-15-11-17-13-20(9-6-10-21(17)19-15)16-7-4-3-5-8-16/h11,14,16,18H,3-10,12-13H2,1-2H3. The van der Waals surface area contributed by atoms with Crippen molar-refractivity contribution in [3.63, 3.8) is 0 Å². The van der Waals surface area contributed by atoms with Crippen molar-refractivity contribution in [3.8, 4) is 0 Å². The highest BCUT2D eigenvalue weighted by Crippen LogP contribution is 2.26. The van der Waals surface area contributed by atoms with E-state index in [4.69, 9.17) is 0 Å². The van der Waals surface area contributed by atoms with Crippen LogP contribution < -0.4 is 4.72 Å². The van der Waals surface area contributed by atoms with Crippen LogP contribution in [0.4, 0.5) is 0 Å². The van der Waals surface area contributed by atoms with Crippen LogP contribution in [0.1, 0.15) is 63.8 Å². The van der Waals surface area contributed by atoms with E-state index in [1.165, 1.54) is 37.8 Å². The highest BCUT2D eigenvalue weighted by Gasteiger charge is 2.25. The number of sulfonamides is 1. The number of fused-ring (bicyclic) bond motifs is 1. The molecule has 0 saturated heterocycles. The molecular weight excluding hydrogens is 324 g/mol. The number of nitrogens with zero attached hydrogens (tertiary/aromatic N) is 3. The first-order chi connectivity index (χ1) is 11.5. The summed E-state index contributed by atoms with van der Waals surface area (Å²) < 4.78 is 28.5. The second kappa shape index (κ2) is 7.54. The Kier molecular flexibility index (Phi) is 5.62. The first-order valence-corrected chi connectivity index (χ1v) is 10.8. The van der Waals surface area contributed by atoms with Crippen LogP contribution in [0, 0.1) is 0 Å². The molecule has 3 rings (SSSR count). The molecule has 0 unspecified atom stereocenters. The minimum atomic E-state index is -3.24. The van der Waals surface area contributed by atoms with Crippen LogP contribution in [0.25, 0.3) is 0 Å². The van der Waals surface area contributed by atoms with Crippen molar-refractivity contribution in [1.29, 1.82) is 0 Å². The second-order valence-corrected chi connectivity index (χ2v) is 9.70. The van der Waals surface area contributed by atoms with Gasteiger partial charge in [-0.3, -0.25) is 9.58 Å². The van der Waals surface area contributed by atoms with E-state index in [1.54, 1.807) is 13.8 Å². The lowest BCUT2D eigenvalue weighted by Gasteiger charge is -2.33. The Hall–Kier alpha value is -0.920. The van der Waals surface area contributed by atoms with Crippen LogP contribution in [0.5, 0.6) is 0 Å². The average Bonchev–Trinajstić information content (AvgIpc) is 2.84. The molecule has 1 N–H and O–H groups in total. The molecule has 7 heteroatoms. The number of hydrogen-bond acceptors (Lipinski definition) is 4. The Bertz CT molecular complexity index is 648. The molecule has 1 aromatic heterocycles. The normalized spacial score (nSPS) is 21.0. The fraction of sp³-hybridized carbons (Fsp3) is 0.824. The predicted octanol–water partition coefficient (Wildman–Crippen LogP) is 2.25. The molecule has 0 spiro atoms. The molecule has 24 heavy (non-hydrogen) atoms. The van der Waals surface area contributed by atoms with Gasteiger partial charge in [-0.25, -0.2) is 13.1 Å². The van der Waals surface area contributed by atoms with E-state index >= 15 is 0 Å². The van der Waals surface area contributed by atoms with Gasteiger partial charge in [0.25, 0.3) is 0 Å². The zero-order chi connectivity index (χ0) is 17.2. The van der Waals surface area contributed by atoms with Gasteiger partial charge in [0.05, 0.1) is 23.2 Å². The minimum Gasteiger partial charge on any atom is -0.295 e. The average molecular weight is 355 g/mol. The summed E-state index contributed by atoms with van der Waals surface area (Å²) in [5.74, 6) is 0. The number of aryl methyl sites for hydroxylation is 1. The Morgan fingerprint density at radius 3 is 2.67 bits per heavy atom. The van der Waals surface area contributed by atoms with Gasteiger partial charge in [0.15, 0.2) is 0 Å². The molecular formula is C17H30N4O2S. The van der Waals surface area contributed by atoms with Gasteiger partial charge in [0, 0.05) is 25.7 Å². The van der Waals surface area contributed by atoms with E-state index in [0.717, 1.165) is 31.7 Å². The fourth-order valence-electron chi connectivity index (χ4n) is 3.73. The lowest BCUT2D eigenvalue weighted by molar-refractivity contribution is 0.150. The van der Waals surface area contributed by atoms with Gasteiger partial charge in [-0.2, -0.15) is 5.10 Å². The van der Waals surface area contributed by atoms with Crippen LogP contribution in [0.3, 0.4) is 0 Å². The predicted molar refractivity (Wildman–Crippen MR) is 95.0 cm³/mol. The van der Waals surface area contributed by atoms with Crippen molar-refractivity contribution >= 4 is 10.0 Å². The number of aromatic nitrogens is 2. The van der Waals surface area contributed by atoms with E-state index < -0.39 is 15.3 Å². The number of rotatable bonds is 5. The van der Waals surface area contributed by atoms with Crippen LogP contribution in [-0.4, -0.2) is 40.9 Å². The first-order valence-electron chi connectivity index (χ1n) is 9.24. The molecule has 1 aliphatic heterocycles. The van der Waals surface area contributed by atoms with Gasteiger partial charge < -0.3 is 0 Å². The van der Waals surface area contributed by atoms with Crippen molar-refractivity contribution in [3.05, 3.63) is 17.5 Å². The monoisotopic (exact) mass is 354 g/mol. The van der Waals surface area contributed by atoms with Gasteiger partial charge >= 0.3 is 0 Å². The van der Waals surface area contributed by atoms with E-state index in [-0.39, 0.29) is 6.54 Å². The molecule has 1 saturated carbocycles. The van der Waals surface area contributed by atoms with Crippen LogP contribution in [0.2, 0.25) is 0 Å². The van der Waals surface area contributed by atoms with E-state index in [0.29, 0.717) is 6.04 Å². The van der Waals surface area contributed by atoms with Gasteiger partial charge in [-0.1, -0.05) is 19.3 Å². The Morgan fingerprint density at radius 2 is 1.96 bits per heavy atom. The van der Waals surface area contributed by atoms with Gasteiger partial charge in [-0.15, -0.1) is 0 Å². The molecule has 6 nitrogen and oxygen atoms in total. The molecule has 0 radical (unpaired) electrons. The highest BCUT2D eigenvalue weighted by molar-refractivity contribution is 7.90. The number of nitrogens with one attached hydrogen (secondary N) is 1. The third-order valence-corrected chi connectivity index (χ3v) is 7.05. The van der Waals surface area contributed by atoms with Crippen molar-refractivity contribution in [2.24, 2.45) is 0 Å². The summed E-state index contributed by atoms with van der Waals surface area (Å²) in [5, 5.41) is 4.20. The SMILES string of the molecule is CC(C)S(=O)(=O)NCc1cc2n(n1)CCCN(C1CCCCC1)C2. The van der Waals surface area contributed by atoms with E-state index in [1.807, 2.05) is 0 Å². The first kappa shape index (κ1) is 17.9. The summed E-state index contributed by atoms with van der Waals surface area (Å²) in [5.41, 5.74) is 2.04. The molecule has 1 aromatic rings. The molecule has 1 aliphatic carbocycles. The maximum Gasteiger partial charge on any atom is 0.214 e. The summed E-state index contributed by atoms with van der Waals surface area (Å²) >= 11 is 0. The molecule has 2 heterocycles. The molecule has 1 fully saturated rings. The lowest BCUT2D eigenvalue weighted by atomic mass is 9.94. The van der Waals surface area contributed by atoms with Crippen molar-refractivity contribution < 1.29 is 8.42 Å². The van der Waals surface area contributed by atoms with Crippen molar-refractivity contribution in [2.45, 2.75) is 83.3 Å². The summed E-state index contributed by atoms with van der Waals surface area (Å²) in [6.45, 7) is 6.66. The largest absolute Gasteiger partial charge is 0.295 e. The maximum absolute atomic E-state index is 11.9. The van der Waals surface area contributed by atoms with Crippen LogP contribution >= 0.6 is 0 Å². The van der Waals surface area contributed by atoms with E-state index in [2.05, 4.69) is 25.5 Å². The zero-order valence-corrected chi connectivity index (χ0v) is 15.7. The van der Waals surface area contributed by atoms with Gasteiger partial charge in [0.2, 0.25) is 10.0 Å². The smallest absolute Gasteiger partial charge is 0.214 e. The third kappa shape index (κ3) is 4.18. The van der Waals surface area contributed by atoms with Crippen LogP contribution in [-0.2, 0) is 29.7 Å². The molecule has 0 amide bonds. The highest BCUT2D eigenvalue weighted by atomic mass is 32.2. The summed E-state index contributed by atoms with van der Waals surface area (Å²) in [7, 11) is -3.24. The molecule has 136 valence electrons. The quantitative estimate of drug-likeness (QED) is 0.881. The number of hydrogen-bond donors (Lipinski definition) is 1. The summed E-state index contributed by atoms with van der Waals surface area (Å²) in [4.78, 5) is 2.61. The maximum atomic E-state index is 11.9. The topological polar surface area (TPSA) is 67.2 Å². The van der Waals surface area contributed by atoms with Crippen molar-refractivity contribution in [2.75, 3.05) is 6.54 Å². The third-order valence-electron chi connectivity index (χ3n) is 5.26. The molecule has 2 aliphatic rings. The van der Waals surface area contributed by atoms with Gasteiger partial charge in [0.1, 0.15) is 0 Å². The Morgan fingerprint density at radius 1 is 1.21 bits per heavy atom. The second-order valence-electron chi connectivity index (χ2n) is 7.38. The van der Waals surface area contributed by atoms with Crippen LogP contribution in [0.15, 0.2) is 6.07 Å². The molecule has 0 bridgehead atoms. The fourth-order valence-corrected chi connectivity index (χ4v) is 4.41. The van der Waals surface area contributed by atoms with E-state index in [9.17, 15) is 8.42 Å². The Balaban J connectivity index is 1.66.